The first kappa shape index (κ1) is 17.0. The average Bonchev–Trinajstić information content (AvgIpc) is 2.39. The molecule has 0 radical (unpaired) electrons. The van der Waals surface area contributed by atoms with Gasteiger partial charge in [-0.15, -0.1) is 6.42 Å². The monoisotopic (exact) mass is 303 g/mol. The van der Waals surface area contributed by atoms with Crippen LogP contribution in [0.15, 0.2) is 18.2 Å². The number of esters is 1. The predicted molar refractivity (Wildman–Crippen MR) is 67.6 cm³/mol. The summed E-state index contributed by atoms with van der Waals surface area (Å²) in [6, 6.07) is 0.648. The lowest BCUT2D eigenvalue weighted by Crippen LogP contribution is -2.32. The summed E-state index contributed by atoms with van der Waals surface area (Å²) in [6.45, 7) is 1.37. The molecule has 0 aromatic heterocycles. The van der Waals surface area contributed by atoms with Gasteiger partial charge in [-0.2, -0.15) is 13.2 Å². The summed E-state index contributed by atoms with van der Waals surface area (Å²) in [4.78, 5) is 11.8. The van der Waals surface area contributed by atoms with Crippen LogP contribution >= 0.6 is 0 Å². The van der Waals surface area contributed by atoms with Gasteiger partial charge in [-0.3, -0.25) is 5.32 Å². The summed E-state index contributed by atoms with van der Waals surface area (Å²) in [7, 11) is 0. The number of terminal acetylenes is 1. The third kappa shape index (κ3) is 4.46. The van der Waals surface area contributed by atoms with Gasteiger partial charge < -0.3 is 4.74 Å². The lowest BCUT2D eigenvalue weighted by molar-refractivity contribution is -0.147. The molecule has 0 saturated heterocycles. The van der Waals surface area contributed by atoms with Gasteiger partial charge in [0.1, 0.15) is 11.9 Å². The Balaban J connectivity index is 3.30. The van der Waals surface area contributed by atoms with E-state index in [-0.39, 0.29) is 13.2 Å². The number of nitrogens with one attached hydrogen (secondary N) is 1. The van der Waals surface area contributed by atoms with Crippen molar-refractivity contribution in [1.82, 2.24) is 5.32 Å². The molecule has 1 aromatic rings. The highest BCUT2D eigenvalue weighted by Crippen LogP contribution is 2.35. The number of hydrogen-bond acceptors (Lipinski definition) is 3. The second-order valence-electron chi connectivity index (χ2n) is 4.00. The first-order valence-corrected chi connectivity index (χ1v) is 6.01. The fraction of sp³-hybridized carbons (Fsp3) is 0.357. The fourth-order valence-electron chi connectivity index (χ4n) is 1.73. The zero-order valence-corrected chi connectivity index (χ0v) is 11.1. The smallest absolute Gasteiger partial charge is 0.416 e. The second-order valence-corrected chi connectivity index (χ2v) is 4.00. The van der Waals surface area contributed by atoms with Crippen LogP contribution in [0.5, 0.6) is 0 Å². The second kappa shape index (κ2) is 7.09. The highest BCUT2D eigenvalue weighted by atomic mass is 19.4. The van der Waals surface area contributed by atoms with E-state index in [1.807, 2.05) is 0 Å². The van der Waals surface area contributed by atoms with Crippen molar-refractivity contribution in [1.29, 1.82) is 0 Å². The van der Waals surface area contributed by atoms with Gasteiger partial charge in [0.25, 0.3) is 0 Å². The number of rotatable bonds is 5. The third-order valence-corrected chi connectivity index (χ3v) is 2.56. The molecule has 0 heterocycles. The van der Waals surface area contributed by atoms with Crippen LogP contribution in [0, 0.1) is 18.2 Å². The molecule has 1 aromatic carbocycles. The standard InChI is InChI=1S/C14H13F4NO2/c1-3-7-19-12(13(20)21-4-2)10-6-5-9(15)8-11(10)14(16,17)18/h1,5-6,8,12,19H,4,7H2,2H3. The Labute approximate surface area is 119 Å². The normalized spacial score (nSPS) is 12.6. The fourth-order valence-corrected chi connectivity index (χ4v) is 1.73. The summed E-state index contributed by atoms with van der Waals surface area (Å²) in [6.07, 6.45) is 0.225. The average molecular weight is 303 g/mol. The Morgan fingerprint density at radius 1 is 1.48 bits per heavy atom. The molecule has 3 nitrogen and oxygen atoms in total. The number of halogens is 4. The van der Waals surface area contributed by atoms with E-state index in [4.69, 9.17) is 11.2 Å². The van der Waals surface area contributed by atoms with E-state index < -0.39 is 35.1 Å². The molecule has 1 atom stereocenters. The zero-order valence-electron chi connectivity index (χ0n) is 11.1. The van der Waals surface area contributed by atoms with Gasteiger partial charge in [0.2, 0.25) is 0 Å². The molecule has 7 heteroatoms. The summed E-state index contributed by atoms with van der Waals surface area (Å²) < 4.78 is 56.7. The first-order valence-electron chi connectivity index (χ1n) is 6.01. The van der Waals surface area contributed by atoms with Crippen LogP contribution in [0.2, 0.25) is 0 Å². The van der Waals surface area contributed by atoms with Crippen molar-refractivity contribution >= 4 is 5.97 Å². The number of alkyl halides is 3. The van der Waals surface area contributed by atoms with E-state index in [2.05, 4.69) is 11.2 Å². The van der Waals surface area contributed by atoms with Crippen molar-refractivity contribution in [3.63, 3.8) is 0 Å². The molecule has 0 aliphatic carbocycles. The van der Waals surface area contributed by atoms with Crippen molar-refractivity contribution in [2.24, 2.45) is 0 Å². The highest BCUT2D eigenvalue weighted by Gasteiger charge is 2.37. The van der Waals surface area contributed by atoms with Gasteiger partial charge in [0.15, 0.2) is 0 Å². The first-order chi connectivity index (χ1) is 9.81. The summed E-state index contributed by atoms with van der Waals surface area (Å²) in [5.74, 6) is 0.198. The van der Waals surface area contributed by atoms with Crippen molar-refractivity contribution < 1.29 is 27.1 Å². The van der Waals surface area contributed by atoms with Crippen molar-refractivity contribution in [3.05, 3.63) is 35.1 Å². The Hall–Kier alpha value is -2.07. The van der Waals surface area contributed by atoms with Crippen molar-refractivity contribution in [2.45, 2.75) is 19.1 Å². The van der Waals surface area contributed by atoms with E-state index in [1.165, 1.54) is 6.92 Å². The predicted octanol–water partition coefficient (Wildman–Crippen LogP) is 2.67. The third-order valence-electron chi connectivity index (χ3n) is 2.56. The maximum absolute atomic E-state index is 13.1. The molecule has 0 spiro atoms. The molecule has 0 saturated carbocycles. The number of benzene rings is 1. The largest absolute Gasteiger partial charge is 0.465 e. The maximum atomic E-state index is 13.1. The topological polar surface area (TPSA) is 38.3 Å². The van der Waals surface area contributed by atoms with Crippen molar-refractivity contribution in [2.75, 3.05) is 13.2 Å². The summed E-state index contributed by atoms with van der Waals surface area (Å²) >= 11 is 0. The van der Waals surface area contributed by atoms with Gasteiger partial charge in [0.05, 0.1) is 18.7 Å². The van der Waals surface area contributed by atoms with E-state index in [9.17, 15) is 22.4 Å². The van der Waals surface area contributed by atoms with Gasteiger partial charge in [-0.1, -0.05) is 12.0 Å². The Morgan fingerprint density at radius 3 is 2.67 bits per heavy atom. The van der Waals surface area contributed by atoms with Gasteiger partial charge >= 0.3 is 12.1 Å². The van der Waals surface area contributed by atoms with E-state index >= 15 is 0 Å². The van der Waals surface area contributed by atoms with Crippen LogP contribution in [0.3, 0.4) is 0 Å². The number of carbonyl (C=O) groups is 1. The van der Waals surface area contributed by atoms with Gasteiger partial charge in [0, 0.05) is 0 Å². The van der Waals surface area contributed by atoms with E-state index in [0.29, 0.717) is 6.07 Å². The summed E-state index contributed by atoms with van der Waals surface area (Å²) in [5, 5.41) is 2.47. The zero-order chi connectivity index (χ0) is 16.0. The lowest BCUT2D eigenvalue weighted by atomic mass is 9.99. The van der Waals surface area contributed by atoms with Crippen LogP contribution in [0.1, 0.15) is 24.1 Å². The molecule has 1 N–H and O–H groups in total. The SMILES string of the molecule is C#CCNC(C(=O)OCC)c1ccc(F)cc1C(F)(F)F. The number of ether oxygens (including phenoxy) is 1. The number of carbonyl (C=O) groups excluding carboxylic acids is 1. The minimum Gasteiger partial charge on any atom is -0.465 e. The molecule has 0 bridgehead atoms. The summed E-state index contributed by atoms with van der Waals surface area (Å²) in [5.41, 5.74) is -1.68. The lowest BCUT2D eigenvalue weighted by Gasteiger charge is -2.20. The molecule has 0 fully saturated rings. The minimum absolute atomic E-state index is 0.00435. The van der Waals surface area contributed by atoms with Gasteiger partial charge in [-0.25, -0.2) is 9.18 Å². The van der Waals surface area contributed by atoms with Crippen LogP contribution in [0.25, 0.3) is 0 Å². The van der Waals surface area contributed by atoms with Gasteiger partial charge in [-0.05, 0) is 24.6 Å². The molecule has 1 rings (SSSR count). The van der Waals surface area contributed by atoms with Crippen LogP contribution in [-0.2, 0) is 15.7 Å². The van der Waals surface area contributed by atoms with E-state index in [1.54, 1.807) is 0 Å². The minimum atomic E-state index is -4.81. The maximum Gasteiger partial charge on any atom is 0.416 e. The number of hydrogen-bond donors (Lipinski definition) is 1. The molecule has 114 valence electrons. The Morgan fingerprint density at radius 2 is 2.14 bits per heavy atom. The molecule has 0 aliphatic heterocycles. The molecule has 0 amide bonds. The van der Waals surface area contributed by atoms with Crippen LogP contribution in [-0.4, -0.2) is 19.1 Å². The van der Waals surface area contributed by atoms with E-state index in [0.717, 1.165) is 12.1 Å². The van der Waals surface area contributed by atoms with Crippen LogP contribution in [0.4, 0.5) is 17.6 Å². The Bertz CT molecular complexity index is 549. The molecular weight excluding hydrogens is 290 g/mol. The highest BCUT2D eigenvalue weighted by molar-refractivity contribution is 5.78. The molecule has 0 aliphatic rings. The Kier molecular flexibility index (Phi) is 5.73. The quantitative estimate of drug-likeness (QED) is 0.516. The van der Waals surface area contributed by atoms with Crippen molar-refractivity contribution in [3.8, 4) is 12.3 Å². The molecule has 21 heavy (non-hydrogen) atoms. The molecular formula is C14H13F4NO2. The van der Waals surface area contributed by atoms with Crippen LogP contribution < -0.4 is 5.32 Å². The molecule has 1 unspecified atom stereocenters.